The van der Waals surface area contributed by atoms with Crippen LogP contribution in [-0.2, 0) is 17.8 Å². The third-order valence-corrected chi connectivity index (χ3v) is 3.42. The zero-order valence-corrected chi connectivity index (χ0v) is 12.0. The van der Waals surface area contributed by atoms with Crippen LogP contribution in [0.5, 0.6) is 0 Å². The van der Waals surface area contributed by atoms with E-state index in [1.807, 2.05) is 30.3 Å². The molecule has 0 atom stereocenters. The Morgan fingerprint density at radius 1 is 1.18 bits per heavy atom. The number of H-pyrrole nitrogens is 1. The summed E-state index contributed by atoms with van der Waals surface area (Å²) in [6.45, 7) is 0.358. The number of aromatic nitrogens is 2. The van der Waals surface area contributed by atoms with Gasteiger partial charge in [0.2, 0.25) is 5.91 Å². The summed E-state index contributed by atoms with van der Waals surface area (Å²) in [7, 11) is 0. The van der Waals surface area contributed by atoms with Crippen LogP contribution in [0.25, 0.3) is 11.0 Å². The van der Waals surface area contributed by atoms with E-state index >= 15 is 0 Å². The monoisotopic (exact) mass is 297 g/mol. The number of halogens is 1. The number of carbonyl (C=O) groups excluding carboxylic acids is 1. The average Bonchev–Trinajstić information content (AvgIpc) is 2.94. The highest BCUT2D eigenvalue weighted by Crippen LogP contribution is 2.10. The van der Waals surface area contributed by atoms with E-state index in [0.29, 0.717) is 19.4 Å². The molecule has 0 aliphatic rings. The minimum atomic E-state index is -0.278. The van der Waals surface area contributed by atoms with Crippen molar-refractivity contribution in [3.8, 4) is 0 Å². The number of aryl methyl sites for hydroxylation is 1. The van der Waals surface area contributed by atoms with Crippen molar-refractivity contribution in [1.82, 2.24) is 15.3 Å². The summed E-state index contributed by atoms with van der Waals surface area (Å²) in [5.41, 5.74) is 2.65. The van der Waals surface area contributed by atoms with Crippen LogP contribution < -0.4 is 5.32 Å². The third kappa shape index (κ3) is 3.49. The molecule has 0 spiro atoms. The van der Waals surface area contributed by atoms with E-state index in [0.717, 1.165) is 22.4 Å². The van der Waals surface area contributed by atoms with Crippen LogP contribution >= 0.6 is 0 Å². The standard InChI is InChI=1S/C17H16FN3O/c18-13-5-3-4-12(10-13)8-9-17(22)19-11-16-20-14-6-1-2-7-15(14)21-16/h1-7,10H,8-9,11H2,(H,19,22)(H,20,21). The van der Waals surface area contributed by atoms with Crippen LogP contribution in [0.3, 0.4) is 0 Å². The Morgan fingerprint density at radius 3 is 2.86 bits per heavy atom. The van der Waals surface area contributed by atoms with Crippen molar-refractivity contribution < 1.29 is 9.18 Å². The predicted molar refractivity (Wildman–Crippen MR) is 82.7 cm³/mol. The largest absolute Gasteiger partial charge is 0.349 e. The molecule has 3 aromatic rings. The number of nitrogens with one attached hydrogen (secondary N) is 2. The van der Waals surface area contributed by atoms with Gasteiger partial charge in [-0.1, -0.05) is 24.3 Å². The summed E-state index contributed by atoms with van der Waals surface area (Å²) < 4.78 is 13.0. The fourth-order valence-electron chi connectivity index (χ4n) is 2.31. The molecule has 2 N–H and O–H groups in total. The van der Waals surface area contributed by atoms with Gasteiger partial charge in [0.1, 0.15) is 11.6 Å². The minimum absolute atomic E-state index is 0.0790. The maximum atomic E-state index is 13.0. The molecule has 0 aliphatic heterocycles. The molecular formula is C17H16FN3O. The van der Waals surface area contributed by atoms with Gasteiger partial charge in [-0.15, -0.1) is 0 Å². The second kappa shape index (κ2) is 6.39. The van der Waals surface area contributed by atoms with E-state index < -0.39 is 0 Å². The Kier molecular flexibility index (Phi) is 4.14. The smallest absolute Gasteiger partial charge is 0.220 e. The van der Waals surface area contributed by atoms with Crippen LogP contribution in [0.2, 0.25) is 0 Å². The Labute approximate surface area is 127 Å². The molecule has 3 rings (SSSR count). The number of para-hydroxylation sites is 2. The quantitative estimate of drug-likeness (QED) is 0.760. The number of benzene rings is 2. The zero-order valence-electron chi connectivity index (χ0n) is 12.0. The van der Waals surface area contributed by atoms with Gasteiger partial charge < -0.3 is 10.3 Å². The lowest BCUT2D eigenvalue weighted by Gasteiger charge is -2.03. The van der Waals surface area contributed by atoms with Crippen LogP contribution in [0.15, 0.2) is 48.5 Å². The van der Waals surface area contributed by atoms with E-state index in [2.05, 4.69) is 15.3 Å². The maximum absolute atomic E-state index is 13.0. The molecule has 0 bridgehead atoms. The molecule has 0 unspecified atom stereocenters. The van der Waals surface area contributed by atoms with E-state index in [1.165, 1.54) is 12.1 Å². The number of rotatable bonds is 5. The minimum Gasteiger partial charge on any atom is -0.349 e. The number of nitrogens with zero attached hydrogens (tertiary/aromatic N) is 1. The average molecular weight is 297 g/mol. The molecule has 22 heavy (non-hydrogen) atoms. The van der Waals surface area contributed by atoms with Gasteiger partial charge >= 0.3 is 0 Å². The van der Waals surface area contributed by atoms with Gasteiger partial charge in [0, 0.05) is 6.42 Å². The summed E-state index contributed by atoms with van der Waals surface area (Å²) in [6.07, 6.45) is 0.841. The normalized spacial score (nSPS) is 10.8. The molecule has 112 valence electrons. The van der Waals surface area contributed by atoms with Gasteiger partial charge in [-0.05, 0) is 36.2 Å². The van der Waals surface area contributed by atoms with Crippen molar-refractivity contribution in [2.24, 2.45) is 0 Å². The van der Waals surface area contributed by atoms with Crippen LogP contribution in [0.4, 0.5) is 4.39 Å². The molecule has 0 aliphatic carbocycles. The van der Waals surface area contributed by atoms with Gasteiger partial charge in [0.25, 0.3) is 0 Å². The van der Waals surface area contributed by atoms with Gasteiger partial charge in [-0.2, -0.15) is 0 Å². The Hall–Kier alpha value is -2.69. The van der Waals surface area contributed by atoms with Crippen molar-refractivity contribution >= 4 is 16.9 Å². The van der Waals surface area contributed by atoms with E-state index in [4.69, 9.17) is 0 Å². The number of hydrogen-bond donors (Lipinski definition) is 2. The molecule has 1 aromatic heterocycles. The highest BCUT2D eigenvalue weighted by Gasteiger charge is 2.06. The van der Waals surface area contributed by atoms with Crippen LogP contribution in [0.1, 0.15) is 17.8 Å². The number of imidazole rings is 1. The van der Waals surface area contributed by atoms with Gasteiger partial charge in [-0.3, -0.25) is 4.79 Å². The molecule has 2 aromatic carbocycles. The molecular weight excluding hydrogens is 281 g/mol. The molecule has 0 saturated heterocycles. The fourth-order valence-corrected chi connectivity index (χ4v) is 2.31. The van der Waals surface area contributed by atoms with Gasteiger partial charge in [0.15, 0.2) is 0 Å². The lowest BCUT2D eigenvalue weighted by atomic mass is 10.1. The van der Waals surface area contributed by atoms with Crippen molar-refractivity contribution in [3.05, 3.63) is 65.7 Å². The van der Waals surface area contributed by atoms with E-state index in [1.54, 1.807) is 6.07 Å². The highest BCUT2D eigenvalue weighted by molar-refractivity contribution is 5.77. The lowest BCUT2D eigenvalue weighted by Crippen LogP contribution is -2.23. The highest BCUT2D eigenvalue weighted by atomic mass is 19.1. The van der Waals surface area contributed by atoms with Crippen molar-refractivity contribution in [1.29, 1.82) is 0 Å². The molecule has 1 heterocycles. The number of carbonyl (C=O) groups is 1. The molecule has 0 saturated carbocycles. The predicted octanol–water partition coefficient (Wildman–Crippen LogP) is 2.95. The first-order valence-corrected chi connectivity index (χ1v) is 7.15. The number of hydrogen-bond acceptors (Lipinski definition) is 2. The molecule has 1 amide bonds. The van der Waals surface area contributed by atoms with Crippen LogP contribution in [-0.4, -0.2) is 15.9 Å². The Bertz CT molecular complexity index is 764. The van der Waals surface area contributed by atoms with Gasteiger partial charge in [-0.25, -0.2) is 9.37 Å². The first-order chi connectivity index (χ1) is 10.7. The third-order valence-electron chi connectivity index (χ3n) is 3.42. The maximum Gasteiger partial charge on any atom is 0.220 e. The summed E-state index contributed by atoms with van der Waals surface area (Å²) in [5, 5.41) is 2.82. The lowest BCUT2D eigenvalue weighted by molar-refractivity contribution is -0.121. The number of aromatic amines is 1. The first-order valence-electron chi connectivity index (χ1n) is 7.15. The van der Waals surface area contributed by atoms with E-state index in [-0.39, 0.29) is 11.7 Å². The number of fused-ring (bicyclic) bond motifs is 1. The molecule has 4 nitrogen and oxygen atoms in total. The summed E-state index contributed by atoms with van der Waals surface area (Å²) >= 11 is 0. The summed E-state index contributed by atoms with van der Waals surface area (Å²) in [6, 6.07) is 14.0. The SMILES string of the molecule is O=C(CCc1cccc(F)c1)NCc1nc2ccccc2[nH]1. The Morgan fingerprint density at radius 2 is 2.05 bits per heavy atom. The molecule has 0 radical (unpaired) electrons. The van der Waals surface area contributed by atoms with Crippen molar-refractivity contribution in [2.45, 2.75) is 19.4 Å². The van der Waals surface area contributed by atoms with Gasteiger partial charge in [0.05, 0.1) is 17.6 Å². The fraction of sp³-hybridized carbons (Fsp3) is 0.176. The summed E-state index contributed by atoms with van der Waals surface area (Å²) in [4.78, 5) is 19.4. The molecule has 0 fully saturated rings. The summed E-state index contributed by atoms with van der Waals surface area (Å²) in [5.74, 6) is 0.366. The van der Waals surface area contributed by atoms with Crippen molar-refractivity contribution in [3.63, 3.8) is 0 Å². The second-order valence-electron chi connectivity index (χ2n) is 5.11. The first kappa shape index (κ1) is 14.3. The molecule has 5 heteroatoms. The Balaban J connectivity index is 1.51. The van der Waals surface area contributed by atoms with Crippen LogP contribution in [0, 0.1) is 5.82 Å². The topological polar surface area (TPSA) is 57.8 Å². The zero-order chi connectivity index (χ0) is 15.4. The van der Waals surface area contributed by atoms with E-state index in [9.17, 15) is 9.18 Å². The van der Waals surface area contributed by atoms with Crippen molar-refractivity contribution in [2.75, 3.05) is 0 Å². The second-order valence-corrected chi connectivity index (χ2v) is 5.11. The number of amides is 1.